The molecule has 0 saturated carbocycles. The zero-order chi connectivity index (χ0) is 46.9. The summed E-state index contributed by atoms with van der Waals surface area (Å²) in [6.07, 6.45) is -2.74. The summed E-state index contributed by atoms with van der Waals surface area (Å²) >= 11 is 0. The van der Waals surface area contributed by atoms with Gasteiger partial charge in [0.1, 0.15) is 5.58 Å². The molecule has 3 aromatic heterocycles. The van der Waals surface area contributed by atoms with Crippen LogP contribution < -0.4 is 0 Å². The van der Waals surface area contributed by atoms with Gasteiger partial charge in [-0.2, -0.15) is 13.2 Å². The molecule has 69 heavy (non-hydrogen) atoms. The monoisotopic (exact) mass is 1090 g/mol. The van der Waals surface area contributed by atoms with Crippen molar-refractivity contribution in [3.63, 3.8) is 0 Å². The fraction of sp³-hybridized carbons (Fsp3) is 0.115. The Balaban J connectivity index is 0.000000296. The van der Waals surface area contributed by atoms with E-state index < -0.39 is 11.7 Å². The molecular formula is C61H46F3IrN3O-2. The predicted octanol–water partition coefficient (Wildman–Crippen LogP) is 17.2. The summed E-state index contributed by atoms with van der Waals surface area (Å²) in [6, 6.07) is 68.6. The first-order chi connectivity index (χ1) is 33.0. The van der Waals surface area contributed by atoms with Gasteiger partial charge in [-0.05, 0) is 104 Å². The number of rotatable bonds is 8. The second-order valence-corrected chi connectivity index (χ2v) is 17.5. The van der Waals surface area contributed by atoms with Gasteiger partial charge in [-0.15, -0.1) is 48.0 Å². The maximum absolute atomic E-state index is 12.3. The van der Waals surface area contributed by atoms with E-state index in [9.17, 15) is 13.2 Å². The van der Waals surface area contributed by atoms with Crippen molar-refractivity contribution in [2.24, 2.45) is 0 Å². The number of imidazole rings is 1. The molecule has 0 bridgehead atoms. The third-order valence-corrected chi connectivity index (χ3v) is 12.4. The van der Waals surface area contributed by atoms with Gasteiger partial charge in [0.05, 0.1) is 22.4 Å². The number of nitrogens with zero attached hydrogens (tertiary/aromatic N) is 3. The summed E-state index contributed by atoms with van der Waals surface area (Å²) in [5.74, 6) is 1.35. The minimum absolute atomic E-state index is 0. The molecule has 0 saturated heterocycles. The largest absolute Gasteiger partial charge is 0.501 e. The van der Waals surface area contributed by atoms with Crippen LogP contribution >= 0.6 is 0 Å². The summed E-state index contributed by atoms with van der Waals surface area (Å²) in [6.45, 7) is 9.17. The Bertz CT molecular complexity index is 3500. The maximum atomic E-state index is 12.3. The van der Waals surface area contributed by atoms with Crippen LogP contribution in [0.15, 0.2) is 199 Å². The van der Waals surface area contributed by atoms with Gasteiger partial charge >= 0.3 is 6.18 Å². The van der Waals surface area contributed by atoms with Crippen molar-refractivity contribution in [2.75, 3.05) is 0 Å². The zero-order valence-corrected chi connectivity index (χ0v) is 40.7. The summed E-state index contributed by atoms with van der Waals surface area (Å²) in [7, 11) is 0. The third-order valence-electron chi connectivity index (χ3n) is 12.4. The number of alkyl halides is 3. The third kappa shape index (κ3) is 9.43. The molecule has 8 heteroatoms. The van der Waals surface area contributed by atoms with Crippen molar-refractivity contribution in [3.05, 3.63) is 223 Å². The quantitative estimate of drug-likeness (QED) is 0.142. The minimum atomic E-state index is -4.32. The fourth-order valence-electron chi connectivity index (χ4n) is 8.89. The van der Waals surface area contributed by atoms with Crippen LogP contribution in [0.3, 0.4) is 0 Å². The normalized spacial score (nSPS) is 11.6. The van der Waals surface area contributed by atoms with E-state index in [-0.39, 0.29) is 31.9 Å². The molecule has 0 atom stereocenters. The van der Waals surface area contributed by atoms with Gasteiger partial charge < -0.3 is 14.0 Å². The molecule has 0 spiro atoms. The minimum Gasteiger partial charge on any atom is -0.501 e. The van der Waals surface area contributed by atoms with Crippen LogP contribution in [0.2, 0.25) is 0 Å². The smallest absolute Gasteiger partial charge is 0.381 e. The Labute approximate surface area is 413 Å². The number of halogens is 3. The van der Waals surface area contributed by atoms with Crippen molar-refractivity contribution >= 4 is 33.0 Å². The molecule has 0 aliphatic carbocycles. The molecule has 0 unspecified atom stereocenters. The van der Waals surface area contributed by atoms with E-state index in [4.69, 9.17) is 9.40 Å². The second-order valence-electron chi connectivity index (χ2n) is 17.5. The number of fused-ring (bicyclic) bond motifs is 4. The molecule has 343 valence electrons. The van der Waals surface area contributed by atoms with Crippen LogP contribution in [0.4, 0.5) is 13.2 Å². The van der Waals surface area contributed by atoms with Crippen molar-refractivity contribution < 1.29 is 37.7 Å². The van der Waals surface area contributed by atoms with Crippen molar-refractivity contribution in [1.29, 1.82) is 0 Å². The number of pyridine rings is 1. The van der Waals surface area contributed by atoms with Crippen molar-refractivity contribution in [2.45, 2.75) is 45.7 Å². The zero-order valence-electron chi connectivity index (χ0n) is 38.3. The van der Waals surface area contributed by atoms with Gasteiger partial charge in [0.15, 0.2) is 0 Å². The molecule has 11 aromatic rings. The fourth-order valence-corrected chi connectivity index (χ4v) is 8.89. The number of aromatic nitrogens is 3. The van der Waals surface area contributed by atoms with Gasteiger partial charge in [0.2, 0.25) is 0 Å². The molecule has 0 fully saturated rings. The van der Waals surface area contributed by atoms with Gasteiger partial charge in [0, 0.05) is 37.4 Å². The SMILES string of the molecule is CC(C)c1cc(-c2ccc(-c3ccccc3)cc2)cc(C(C)C)c1-n1c(-c2[c-]ccc3c2oc2cc(-c4ccccc4)ccc23)nc2ccccc21.FC(F)(F)c1c[c-]c(-c2ccccn2)cc1.[Ir]. The predicted molar refractivity (Wildman–Crippen MR) is 271 cm³/mol. The molecule has 0 amide bonds. The van der Waals surface area contributed by atoms with Gasteiger partial charge in [-0.3, -0.25) is 4.98 Å². The Morgan fingerprint density at radius 1 is 0.565 bits per heavy atom. The molecule has 0 N–H and O–H groups in total. The molecule has 0 aliphatic rings. The Hall–Kier alpha value is -7.38. The van der Waals surface area contributed by atoms with Crippen LogP contribution in [-0.4, -0.2) is 14.5 Å². The first-order valence-electron chi connectivity index (χ1n) is 22.8. The first kappa shape index (κ1) is 46.7. The van der Waals surface area contributed by atoms with E-state index in [2.05, 4.69) is 189 Å². The van der Waals surface area contributed by atoms with Crippen LogP contribution in [0.25, 0.3) is 94.7 Å². The van der Waals surface area contributed by atoms with E-state index in [0.29, 0.717) is 11.3 Å². The van der Waals surface area contributed by atoms with E-state index in [1.165, 1.54) is 45.1 Å². The number of furan rings is 1. The summed E-state index contributed by atoms with van der Waals surface area (Å²) in [5, 5.41) is 2.14. The Kier molecular flexibility index (Phi) is 13.3. The van der Waals surface area contributed by atoms with E-state index in [1.807, 2.05) is 12.1 Å². The van der Waals surface area contributed by atoms with Crippen LogP contribution in [0.5, 0.6) is 0 Å². The van der Waals surface area contributed by atoms with Crippen LogP contribution in [0, 0.1) is 12.1 Å². The molecule has 4 nitrogen and oxygen atoms in total. The maximum Gasteiger partial charge on any atom is 0.381 e. The number of benzene rings is 8. The molecular weight excluding hydrogens is 1040 g/mol. The van der Waals surface area contributed by atoms with E-state index in [0.717, 1.165) is 67.6 Å². The van der Waals surface area contributed by atoms with Gasteiger partial charge in [0.25, 0.3) is 0 Å². The topological polar surface area (TPSA) is 43.9 Å². The van der Waals surface area contributed by atoms with Crippen molar-refractivity contribution in [1.82, 2.24) is 14.5 Å². The van der Waals surface area contributed by atoms with Crippen LogP contribution in [0.1, 0.15) is 56.2 Å². The van der Waals surface area contributed by atoms with Gasteiger partial charge in [-0.1, -0.05) is 160 Å². The number of para-hydroxylation sites is 2. The summed E-state index contributed by atoms with van der Waals surface area (Å²) < 4.78 is 46.0. The Morgan fingerprint density at radius 3 is 1.77 bits per heavy atom. The molecule has 1 radical (unpaired) electrons. The van der Waals surface area contributed by atoms with Crippen LogP contribution in [-0.2, 0) is 26.3 Å². The van der Waals surface area contributed by atoms with E-state index >= 15 is 0 Å². The molecule has 3 heterocycles. The summed E-state index contributed by atoms with van der Waals surface area (Å²) in [5.41, 5.74) is 15.9. The summed E-state index contributed by atoms with van der Waals surface area (Å²) in [4.78, 5) is 9.36. The van der Waals surface area contributed by atoms with Gasteiger partial charge in [-0.25, -0.2) is 0 Å². The molecule has 8 aromatic carbocycles. The standard InChI is InChI=1S/C49H39N2O.C12H7F3N.Ir/c1-31(2)42-28-38(36-24-22-35(23-25-36)33-14-7-5-8-15-33)29-43(32(3)4)47(42)51-45-21-12-11-20-44(45)50-49(51)41-19-13-18-40-39-27-26-37(30-46(39)52-48(40)41)34-16-9-6-10-17-34;13-12(14,15)10-6-4-9(5-7-10)11-3-1-2-8-16-11;/h5-18,20-32H,1-4H3;1-4,6-8H;/q2*-1;. The van der Waals surface area contributed by atoms with Crippen molar-refractivity contribution in [3.8, 4) is 61.7 Å². The Morgan fingerprint density at radius 2 is 1.16 bits per heavy atom. The molecule has 0 aliphatic heterocycles. The number of hydrogen-bond donors (Lipinski definition) is 0. The first-order valence-corrected chi connectivity index (χ1v) is 22.8. The average molecular weight is 1090 g/mol. The number of hydrogen-bond acceptors (Lipinski definition) is 3. The molecule has 11 rings (SSSR count). The average Bonchev–Trinajstić information content (AvgIpc) is 3.95. The second kappa shape index (κ2) is 19.7. The van der Waals surface area contributed by atoms with E-state index in [1.54, 1.807) is 24.4 Å².